The molecule has 0 saturated carbocycles. The molecular formula is C13H13BrFNO2. The number of furan rings is 1. The molecule has 0 bridgehead atoms. The van der Waals surface area contributed by atoms with Crippen LogP contribution in [-0.4, -0.2) is 7.11 Å². The highest BCUT2D eigenvalue weighted by molar-refractivity contribution is 9.10. The summed E-state index contributed by atoms with van der Waals surface area (Å²) in [5.74, 6) is 0.941. The molecule has 1 atom stereocenters. The van der Waals surface area contributed by atoms with Gasteiger partial charge in [-0.3, -0.25) is 0 Å². The number of halogens is 2. The first-order valence-electron chi connectivity index (χ1n) is 5.40. The molecule has 1 unspecified atom stereocenters. The van der Waals surface area contributed by atoms with E-state index in [1.165, 1.54) is 6.07 Å². The van der Waals surface area contributed by atoms with Crippen LogP contribution in [0.3, 0.4) is 0 Å². The van der Waals surface area contributed by atoms with Gasteiger partial charge in [-0.2, -0.15) is 0 Å². The Kier molecular flexibility index (Phi) is 4.16. The first kappa shape index (κ1) is 13.3. The predicted molar refractivity (Wildman–Crippen MR) is 69.6 cm³/mol. The SMILES string of the molecule is COCc1ccc(C(N)c2ccc(Br)c(F)c2)o1. The van der Waals surface area contributed by atoms with Crippen LogP contribution in [0.4, 0.5) is 4.39 Å². The first-order chi connectivity index (χ1) is 8.61. The molecule has 2 N–H and O–H groups in total. The highest BCUT2D eigenvalue weighted by atomic mass is 79.9. The normalized spacial score (nSPS) is 12.7. The average molecular weight is 314 g/mol. The molecule has 0 aliphatic rings. The van der Waals surface area contributed by atoms with Gasteiger partial charge in [0, 0.05) is 7.11 Å². The smallest absolute Gasteiger partial charge is 0.137 e. The van der Waals surface area contributed by atoms with Crippen molar-refractivity contribution >= 4 is 15.9 Å². The minimum absolute atomic E-state index is 0.341. The van der Waals surface area contributed by atoms with Gasteiger partial charge in [0.25, 0.3) is 0 Å². The largest absolute Gasteiger partial charge is 0.462 e. The van der Waals surface area contributed by atoms with Gasteiger partial charge in [-0.25, -0.2) is 4.39 Å². The molecule has 0 amide bonds. The van der Waals surface area contributed by atoms with E-state index in [-0.39, 0.29) is 5.82 Å². The highest BCUT2D eigenvalue weighted by Crippen LogP contribution is 2.25. The Labute approximate surface area is 113 Å². The van der Waals surface area contributed by atoms with E-state index < -0.39 is 6.04 Å². The summed E-state index contributed by atoms with van der Waals surface area (Å²) < 4.78 is 24.3. The Balaban J connectivity index is 2.23. The van der Waals surface area contributed by atoms with Gasteiger partial charge in [0.05, 0.1) is 10.5 Å². The van der Waals surface area contributed by atoms with Crippen molar-refractivity contribution in [2.45, 2.75) is 12.6 Å². The maximum Gasteiger partial charge on any atom is 0.137 e. The fraction of sp³-hybridized carbons (Fsp3) is 0.231. The van der Waals surface area contributed by atoms with Crippen molar-refractivity contribution in [1.29, 1.82) is 0 Å². The number of ether oxygens (including phenoxy) is 1. The van der Waals surface area contributed by atoms with Crippen LogP contribution in [0, 0.1) is 5.82 Å². The van der Waals surface area contributed by atoms with Crippen LogP contribution in [0.1, 0.15) is 23.1 Å². The number of benzene rings is 1. The second-order valence-electron chi connectivity index (χ2n) is 3.89. The number of hydrogen-bond acceptors (Lipinski definition) is 3. The zero-order valence-corrected chi connectivity index (χ0v) is 11.4. The summed E-state index contributed by atoms with van der Waals surface area (Å²) in [6.07, 6.45) is 0. The monoisotopic (exact) mass is 313 g/mol. The summed E-state index contributed by atoms with van der Waals surface area (Å²) in [5.41, 5.74) is 6.69. The lowest BCUT2D eigenvalue weighted by atomic mass is 10.1. The van der Waals surface area contributed by atoms with Gasteiger partial charge in [-0.05, 0) is 45.8 Å². The topological polar surface area (TPSA) is 48.4 Å². The molecule has 2 aromatic rings. The van der Waals surface area contributed by atoms with Crippen molar-refractivity contribution in [3.8, 4) is 0 Å². The van der Waals surface area contributed by atoms with E-state index >= 15 is 0 Å². The standard InChI is InChI=1S/C13H13BrFNO2/c1-17-7-9-3-5-12(18-9)13(16)8-2-4-10(14)11(15)6-8/h2-6,13H,7,16H2,1H3. The summed E-state index contributed by atoms with van der Waals surface area (Å²) in [6, 6.07) is 7.87. The quantitative estimate of drug-likeness (QED) is 0.941. The van der Waals surface area contributed by atoms with E-state index in [4.69, 9.17) is 14.9 Å². The Bertz CT molecular complexity index is 542. The third-order valence-electron chi connectivity index (χ3n) is 2.58. The molecule has 0 saturated heterocycles. The number of rotatable bonds is 4. The minimum atomic E-state index is -0.488. The molecule has 3 nitrogen and oxygen atoms in total. The van der Waals surface area contributed by atoms with Crippen LogP contribution in [0.25, 0.3) is 0 Å². The molecule has 0 aliphatic heterocycles. The fourth-order valence-corrected chi connectivity index (χ4v) is 1.90. The summed E-state index contributed by atoms with van der Waals surface area (Å²) >= 11 is 3.10. The molecule has 0 aliphatic carbocycles. The minimum Gasteiger partial charge on any atom is -0.462 e. The summed E-state index contributed by atoms with van der Waals surface area (Å²) in [7, 11) is 1.59. The Morgan fingerprint density at radius 1 is 1.39 bits per heavy atom. The van der Waals surface area contributed by atoms with Crippen LogP contribution >= 0.6 is 15.9 Å². The molecular weight excluding hydrogens is 301 g/mol. The second kappa shape index (κ2) is 5.65. The Hall–Kier alpha value is -1.17. The van der Waals surface area contributed by atoms with E-state index in [0.717, 1.165) is 0 Å². The third kappa shape index (κ3) is 2.80. The van der Waals surface area contributed by atoms with Gasteiger partial charge in [0.1, 0.15) is 23.9 Å². The molecule has 18 heavy (non-hydrogen) atoms. The van der Waals surface area contributed by atoms with Gasteiger partial charge in [0.15, 0.2) is 0 Å². The Morgan fingerprint density at radius 2 is 2.17 bits per heavy atom. The summed E-state index contributed by atoms with van der Waals surface area (Å²) in [6.45, 7) is 0.390. The van der Waals surface area contributed by atoms with Crippen LogP contribution < -0.4 is 5.73 Å². The molecule has 2 rings (SSSR count). The molecule has 1 aromatic heterocycles. The van der Waals surface area contributed by atoms with Crippen molar-refractivity contribution in [2.75, 3.05) is 7.11 Å². The fourth-order valence-electron chi connectivity index (χ4n) is 1.65. The van der Waals surface area contributed by atoms with E-state index in [1.807, 2.05) is 0 Å². The lowest BCUT2D eigenvalue weighted by molar-refractivity contribution is 0.162. The molecule has 0 spiro atoms. The summed E-state index contributed by atoms with van der Waals surface area (Å²) in [5, 5.41) is 0. The van der Waals surface area contributed by atoms with Crippen LogP contribution in [0.2, 0.25) is 0 Å². The number of hydrogen-bond donors (Lipinski definition) is 1. The molecule has 0 radical (unpaired) electrons. The Morgan fingerprint density at radius 3 is 2.83 bits per heavy atom. The van der Waals surface area contributed by atoms with E-state index in [0.29, 0.717) is 28.2 Å². The van der Waals surface area contributed by atoms with Crippen molar-refractivity contribution < 1.29 is 13.5 Å². The van der Waals surface area contributed by atoms with Gasteiger partial charge in [-0.15, -0.1) is 0 Å². The lowest BCUT2D eigenvalue weighted by Gasteiger charge is -2.09. The van der Waals surface area contributed by atoms with Crippen LogP contribution in [0.5, 0.6) is 0 Å². The highest BCUT2D eigenvalue weighted by Gasteiger charge is 2.14. The maximum absolute atomic E-state index is 13.4. The molecule has 1 heterocycles. The van der Waals surface area contributed by atoms with E-state index in [9.17, 15) is 4.39 Å². The van der Waals surface area contributed by atoms with Crippen molar-refractivity contribution in [3.05, 3.63) is 57.7 Å². The third-order valence-corrected chi connectivity index (χ3v) is 3.22. The van der Waals surface area contributed by atoms with E-state index in [2.05, 4.69) is 15.9 Å². The zero-order valence-electron chi connectivity index (χ0n) is 9.82. The first-order valence-corrected chi connectivity index (χ1v) is 6.19. The molecule has 5 heteroatoms. The van der Waals surface area contributed by atoms with Gasteiger partial charge < -0.3 is 14.9 Å². The number of nitrogens with two attached hydrogens (primary N) is 1. The predicted octanol–water partition coefficient (Wildman–Crippen LogP) is 3.38. The van der Waals surface area contributed by atoms with Gasteiger partial charge in [0.2, 0.25) is 0 Å². The second-order valence-corrected chi connectivity index (χ2v) is 4.74. The van der Waals surface area contributed by atoms with Crippen LogP contribution in [0.15, 0.2) is 39.2 Å². The van der Waals surface area contributed by atoms with Crippen LogP contribution in [-0.2, 0) is 11.3 Å². The lowest BCUT2D eigenvalue weighted by Crippen LogP contribution is -2.11. The van der Waals surface area contributed by atoms with Gasteiger partial charge >= 0.3 is 0 Å². The molecule has 96 valence electrons. The van der Waals surface area contributed by atoms with Gasteiger partial charge in [-0.1, -0.05) is 6.07 Å². The zero-order chi connectivity index (χ0) is 13.1. The van der Waals surface area contributed by atoms with Crippen molar-refractivity contribution in [1.82, 2.24) is 0 Å². The van der Waals surface area contributed by atoms with Crippen molar-refractivity contribution in [2.24, 2.45) is 5.73 Å². The molecule has 1 aromatic carbocycles. The van der Waals surface area contributed by atoms with E-state index in [1.54, 1.807) is 31.4 Å². The van der Waals surface area contributed by atoms with Crippen molar-refractivity contribution in [3.63, 3.8) is 0 Å². The average Bonchev–Trinajstić information content (AvgIpc) is 2.81. The number of methoxy groups -OCH3 is 1. The molecule has 0 fully saturated rings. The summed E-state index contributed by atoms with van der Waals surface area (Å²) in [4.78, 5) is 0. The maximum atomic E-state index is 13.4.